The molecule has 72 valence electrons. The lowest BCUT2D eigenvalue weighted by atomic mass is 9.99. The van der Waals surface area contributed by atoms with Crippen molar-refractivity contribution in [3.05, 3.63) is 12.2 Å². The molecule has 1 unspecified atom stereocenters. The highest BCUT2D eigenvalue weighted by atomic mass is 79.9. The molecule has 0 aliphatic heterocycles. The zero-order chi connectivity index (χ0) is 9.47. The summed E-state index contributed by atoms with van der Waals surface area (Å²) in [5.74, 6) is 1.10. The molecule has 2 rings (SSSR count). The number of hydrogen-bond donors (Lipinski definition) is 0. The third kappa shape index (κ3) is 1.64. The largest absolute Gasteiger partial charge is 0.253 e. The molecule has 1 aliphatic rings. The summed E-state index contributed by atoms with van der Waals surface area (Å²) in [6.45, 7) is 2.23. The number of halogens is 1. The first kappa shape index (κ1) is 9.19. The zero-order valence-corrected chi connectivity index (χ0v) is 9.58. The minimum Gasteiger partial charge on any atom is -0.253 e. The molecule has 1 fully saturated rings. The highest BCUT2D eigenvalue weighted by Gasteiger charge is 2.47. The van der Waals surface area contributed by atoms with Crippen LogP contribution in [0.2, 0.25) is 0 Å². The summed E-state index contributed by atoms with van der Waals surface area (Å²) in [6.07, 6.45) is 5.30. The quantitative estimate of drug-likeness (QED) is 0.760. The van der Waals surface area contributed by atoms with Crippen molar-refractivity contribution in [2.75, 3.05) is 0 Å². The van der Waals surface area contributed by atoms with Crippen LogP contribution < -0.4 is 0 Å². The molecule has 0 saturated heterocycles. The van der Waals surface area contributed by atoms with E-state index in [4.69, 9.17) is 0 Å². The molecule has 13 heavy (non-hydrogen) atoms. The highest BCUT2D eigenvalue weighted by molar-refractivity contribution is 9.09. The van der Waals surface area contributed by atoms with Gasteiger partial charge in [-0.1, -0.05) is 22.9 Å². The Labute approximate surface area is 86.7 Å². The molecule has 1 saturated carbocycles. The van der Waals surface area contributed by atoms with Gasteiger partial charge in [-0.25, -0.2) is 4.98 Å². The first-order chi connectivity index (χ1) is 6.14. The average Bonchev–Trinajstić information content (AvgIpc) is 2.74. The second-order valence-corrected chi connectivity index (χ2v) is 5.33. The Hall–Kier alpha value is -0.380. The monoisotopic (exact) mass is 243 g/mol. The molecule has 0 amide bonds. The lowest BCUT2D eigenvalue weighted by Crippen LogP contribution is -2.17. The van der Waals surface area contributed by atoms with Gasteiger partial charge in [-0.2, -0.15) is 5.10 Å². The van der Waals surface area contributed by atoms with Gasteiger partial charge in [-0.05, 0) is 18.3 Å². The maximum Gasteiger partial charge on any atom is 0.138 e. The molecule has 1 heterocycles. The molecule has 1 atom stereocenters. The van der Waals surface area contributed by atoms with Gasteiger partial charge in [0.2, 0.25) is 0 Å². The number of aryl methyl sites for hydroxylation is 1. The van der Waals surface area contributed by atoms with Crippen LogP contribution in [-0.4, -0.2) is 19.6 Å². The lowest BCUT2D eigenvalue weighted by molar-refractivity contribution is 0.480. The van der Waals surface area contributed by atoms with Crippen molar-refractivity contribution in [1.29, 1.82) is 0 Å². The SMILES string of the molecule is CC(Br)C1(Cc2ncnn2C)CC1. The molecule has 1 aromatic heterocycles. The Kier molecular flexibility index (Phi) is 2.18. The van der Waals surface area contributed by atoms with E-state index in [1.165, 1.54) is 12.8 Å². The van der Waals surface area contributed by atoms with Gasteiger partial charge >= 0.3 is 0 Å². The van der Waals surface area contributed by atoms with Gasteiger partial charge in [-0.15, -0.1) is 0 Å². The summed E-state index contributed by atoms with van der Waals surface area (Å²) < 4.78 is 1.87. The van der Waals surface area contributed by atoms with E-state index in [1.54, 1.807) is 6.33 Å². The van der Waals surface area contributed by atoms with E-state index in [0.717, 1.165) is 12.2 Å². The van der Waals surface area contributed by atoms with Crippen LogP contribution in [0, 0.1) is 5.41 Å². The van der Waals surface area contributed by atoms with Crippen LogP contribution in [0.1, 0.15) is 25.6 Å². The third-order valence-electron chi connectivity index (χ3n) is 3.05. The minimum atomic E-state index is 0.459. The Bertz CT molecular complexity index is 302. The van der Waals surface area contributed by atoms with Gasteiger partial charge in [0.05, 0.1) is 0 Å². The van der Waals surface area contributed by atoms with Crippen LogP contribution in [-0.2, 0) is 13.5 Å². The summed E-state index contributed by atoms with van der Waals surface area (Å²) in [7, 11) is 1.96. The van der Waals surface area contributed by atoms with E-state index in [9.17, 15) is 0 Å². The first-order valence-electron chi connectivity index (χ1n) is 4.61. The van der Waals surface area contributed by atoms with Crippen LogP contribution in [0.15, 0.2) is 6.33 Å². The van der Waals surface area contributed by atoms with Crippen molar-refractivity contribution in [2.45, 2.75) is 31.0 Å². The van der Waals surface area contributed by atoms with Gasteiger partial charge in [0.15, 0.2) is 0 Å². The molecule has 0 N–H and O–H groups in total. The van der Waals surface area contributed by atoms with Crippen LogP contribution >= 0.6 is 15.9 Å². The molecule has 0 bridgehead atoms. The van der Waals surface area contributed by atoms with Crippen molar-refractivity contribution in [3.8, 4) is 0 Å². The van der Waals surface area contributed by atoms with E-state index in [-0.39, 0.29) is 0 Å². The maximum absolute atomic E-state index is 4.25. The molecule has 1 aliphatic carbocycles. The second kappa shape index (κ2) is 3.08. The summed E-state index contributed by atoms with van der Waals surface area (Å²) in [5, 5.41) is 4.08. The smallest absolute Gasteiger partial charge is 0.138 e. The van der Waals surface area contributed by atoms with E-state index in [2.05, 4.69) is 32.9 Å². The molecule has 3 nitrogen and oxygen atoms in total. The van der Waals surface area contributed by atoms with Crippen LogP contribution in [0.3, 0.4) is 0 Å². The predicted octanol–water partition coefficient (Wildman–Crippen LogP) is 1.92. The molecular formula is C9H14BrN3. The van der Waals surface area contributed by atoms with Gasteiger partial charge in [0, 0.05) is 18.3 Å². The van der Waals surface area contributed by atoms with Crippen LogP contribution in [0.4, 0.5) is 0 Å². The minimum absolute atomic E-state index is 0.459. The fourth-order valence-corrected chi connectivity index (χ4v) is 2.29. The fourth-order valence-electron chi connectivity index (χ4n) is 1.67. The van der Waals surface area contributed by atoms with Gasteiger partial charge < -0.3 is 0 Å². The second-order valence-electron chi connectivity index (χ2n) is 3.96. The Morgan fingerprint density at radius 2 is 2.38 bits per heavy atom. The van der Waals surface area contributed by atoms with Crippen molar-refractivity contribution >= 4 is 15.9 Å². The van der Waals surface area contributed by atoms with Crippen molar-refractivity contribution in [3.63, 3.8) is 0 Å². The highest BCUT2D eigenvalue weighted by Crippen LogP contribution is 2.53. The fraction of sp³-hybridized carbons (Fsp3) is 0.778. The van der Waals surface area contributed by atoms with Gasteiger partial charge in [-0.3, -0.25) is 4.68 Å². The van der Waals surface area contributed by atoms with E-state index in [0.29, 0.717) is 10.2 Å². The topological polar surface area (TPSA) is 30.7 Å². The number of nitrogens with zero attached hydrogens (tertiary/aromatic N) is 3. The molecule has 0 spiro atoms. The van der Waals surface area contributed by atoms with E-state index in [1.807, 2.05) is 11.7 Å². The lowest BCUT2D eigenvalue weighted by Gasteiger charge is -2.16. The van der Waals surface area contributed by atoms with E-state index >= 15 is 0 Å². The third-order valence-corrected chi connectivity index (χ3v) is 4.02. The summed E-state index contributed by atoms with van der Waals surface area (Å²) in [6, 6.07) is 0. The van der Waals surface area contributed by atoms with Crippen LogP contribution in [0.5, 0.6) is 0 Å². The molecule has 4 heteroatoms. The first-order valence-corrected chi connectivity index (χ1v) is 5.52. The van der Waals surface area contributed by atoms with Gasteiger partial charge in [0.25, 0.3) is 0 Å². The Balaban J connectivity index is 2.10. The number of hydrogen-bond acceptors (Lipinski definition) is 2. The summed E-state index contributed by atoms with van der Waals surface area (Å²) in [4.78, 5) is 4.83. The summed E-state index contributed by atoms with van der Waals surface area (Å²) in [5.41, 5.74) is 0.459. The van der Waals surface area contributed by atoms with Crippen molar-refractivity contribution in [1.82, 2.24) is 14.8 Å². The Morgan fingerprint density at radius 1 is 1.69 bits per heavy atom. The Morgan fingerprint density at radius 3 is 2.77 bits per heavy atom. The molecular weight excluding hydrogens is 230 g/mol. The number of alkyl halides is 1. The zero-order valence-electron chi connectivity index (χ0n) is 8.00. The van der Waals surface area contributed by atoms with E-state index < -0.39 is 0 Å². The standard InChI is InChI=1S/C9H14BrN3/c1-7(10)9(3-4-9)5-8-11-6-12-13(8)2/h6-7H,3-5H2,1-2H3. The number of aromatic nitrogens is 3. The summed E-state index contributed by atoms with van der Waals surface area (Å²) >= 11 is 3.67. The number of rotatable bonds is 3. The average molecular weight is 244 g/mol. The maximum atomic E-state index is 4.25. The van der Waals surface area contributed by atoms with Crippen molar-refractivity contribution in [2.24, 2.45) is 12.5 Å². The molecule has 0 aromatic carbocycles. The molecule has 0 radical (unpaired) electrons. The normalized spacial score (nSPS) is 21.5. The molecule has 1 aromatic rings. The predicted molar refractivity (Wildman–Crippen MR) is 54.8 cm³/mol. The van der Waals surface area contributed by atoms with Crippen molar-refractivity contribution < 1.29 is 0 Å². The van der Waals surface area contributed by atoms with Crippen LogP contribution in [0.25, 0.3) is 0 Å². The van der Waals surface area contributed by atoms with Gasteiger partial charge in [0.1, 0.15) is 12.2 Å².